The lowest BCUT2D eigenvalue weighted by Crippen LogP contribution is -2.29. The lowest BCUT2D eigenvalue weighted by molar-refractivity contribution is -0.131. The molecular weight excluding hydrogens is 327 g/mol. The minimum atomic E-state index is -0.229. The van der Waals surface area contributed by atoms with E-state index in [0.717, 1.165) is 25.1 Å². The van der Waals surface area contributed by atoms with Crippen LogP contribution < -0.4 is 4.90 Å². The van der Waals surface area contributed by atoms with Gasteiger partial charge in [-0.1, -0.05) is 30.3 Å². The van der Waals surface area contributed by atoms with Gasteiger partial charge in [0.05, 0.1) is 0 Å². The molecule has 2 aromatic carbocycles. The van der Waals surface area contributed by atoms with E-state index in [0.29, 0.717) is 6.54 Å². The predicted molar refractivity (Wildman–Crippen MR) is 102 cm³/mol. The molecule has 0 bridgehead atoms. The van der Waals surface area contributed by atoms with E-state index in [9.17, 15) is 9.18 Å². The van der Waals surface area contributed by atoms with Crippen molar-refractivity contribution < 1.29 is 9.18 Å². The molecule has 0 N–H and O–H groups in total. The van der Waals surface area contributed by atoms with Gasteiger partial charge in [0.25, 0.3) is 0 Å². The number of benzene rings is 2. The third-order valence-corrected chi connectivity index (χ3v) is 5.63. The molecule has 2 atom stereocenters. The molecule has 26 heavy (non-hydrogen) atoms. The summed E-state index contributed by atoms with van der Waals surface area (Å²) in [7, 11) is 1.89. The quantitative estimate of drug-likeness (QED) is 0.806. The van der Waals surface area contributed by atoms with E-state index in [1.807, 2.05) is 18.0 Å². The second kappa shape index (κ2) is 7.10. The van der Waals surface area contributed by atoms with Crippen molar-refractivity contribution in [2.24, 2.45) is 5.92 Å². The van der Waals surface area contributed by atoms with Gasteiger partial charge in [0.15, 0.2) is 0 Å². The number of rotatable bonds is 5. The van der Waals surface area contributed by atoms with Crippen molar-refractivity contribution >= 4 is 11.6 Å². The van der Waals surface area contributed by atoms with Crippen LogP contribution in [0.5, 0.6) is 0 Å². The Balaban J connectivity index is 1.42. The molecule has 1 aliphatic heterocycles. The second-order valence-electron chi connectivity index (χ2n) is 7.52. The number of carbonyl (C=O) groups excluding carboxylic acids is 1. The Hall–Kier alpha value is -2.36. The van der Waals surface area contributed by atoms with E-state index in [-0.39, 0.29) is 23.6 Å². The Labute approximate surface area is 154 Å². The number of para-hydroxylation sites is 1. The van der Waals surface area contributed by atoms with Crippen molar-refractivity contribution in [3.8, 4) is 0 Å². The zero-order chi connectivity index (χ0) is 18.1. The zero-order valence-corrected chi connectivity index (χ0v) is 15.2. The molecule has 1 saturated carbocycles. The fourth-order valence-electron chi connectivity index (χ4n) is 4.07. The summed E-state index contributed by atoms with van der Waals surface area (Å²) in [5.41, 5.74) is 3.54. The zero-order valence-electron chi connectivity index (χ0n) is 15.2. The minimum Gasteiger partial charge on any atom is -0.371 e. The number of nitrogens with zero attached hydrogens (tertiary/aromatic N) is 2. The molecule has 1 amide bonds. The van der Waals surface area contributed by atoms with E-state index in [1.165, 1.54) is 36.2 Å². The highest BCUT2D eigenvalue weighted by molar-refractivity contribution is 5.83. The molecule has 2 fully saturated rings. The van der Waals surface area contributed by atoms with E-state index in [1.54, 1.807) is 12.1 Å². The Bertz CT molecular complexity index is 783. The number of halogens is 1. The summed E-state index contributed by atoms with van der Waals surface area (Å²) in [6.07, 6.45) is 3.34. The fraction of sp³-hybridized carbons (Fsp3) is 0.409. The van der Waals surface area contributed by atoms with Crippen LogP contribution >= 0.6 is 0 Å². The van der Waals surface area contributed by atoms with Gasteiger partial charge in [-0.3, -0.25) is 4.79 Å². The molecule has 136 valence electrons. The van der Waals surface area contributed by atoms with Gasteiger partial charge in [-0.15, -0.1) is 0 Å². The second-order valence-corrected chi connectivity index (χ2v) is 7.52. The Morgan fingerprint density at radius 2 is 1.81 bits per heavy atom. The molecule has 2 aliphatic rings. The maximum atomic E-state index is 13.1. The summed E-state index contributed by atoms with van der Waals surface area (Å²) in [6.45, 7) is 2.84. The van der Waals surface area contributed by atoms with Gasteiger partial charge in [0.2, 0.25) is 5.91 Å². The topological polar surface area (TPSA) is 23.6 Å². The van der Waals surface area contributed by atoms with Crippen molar-refractivity contribution in [2.75, 3.05) is 25.0 Å². The number of hydrogen-bond donors (Lipinski definition) is 0. The lowest BCUT2D eigenvalue weighted by Gasteiger charge is -2.24. The summed E-state index contributed by atoms with van der Waals surface area (Å²) < 4.78 is 13.1. The van der Waals surface area contributed by atoms with Gasteiger partial charge in [0, 0.05) is 38.3 Å². The predicted octanol–water partition coefficient (Wildman–Crippen LogP) is 4.19. The summed E-state index contributed by atoms with van der Waals surface area (Å²) in [5, 5.41) is 0. The first kappa shape index (κ1) is 17.1. The van der Waals surface area contributed by atoms with Crippen molar-refractivity contribution in [3.63, 3.8) is 0 Å². The molecule has 1 saturated heterocycles. The van der Waals surface area contributed by atoms with Crippen LogP contribution in [-0.2, 0) is 11.3 Å². The van der Waals surface area contributed by atoms with E-state index in [2.05, 4.69) is 23.1 Å². The van der Waals surface area contributed by atoms with Crippen LogP contribution in [0.2, 0.25) is 0 Å². The van der Waals surface area contributed by atoms with Crippen molar-refractivity contribution in [2.45, 2.75) is 31.7 Å². The van der Waals surface area contributed by atoms with Gasteiger partial charge in [-0.25, -0.2) is 4.39 Å². The smallest absolute Gasteiger partial charge is 0.226 e. The van der Waals surface area contributed by atoms with E-state index < -0.39 is 0 Å². The van der Waals surface area contributed by atoms with Crippen LogP contribution in [0.25, 0.3) is 0 Å². The first-order valence-corrected chi connectivity index (χ1v) is 9.47. The average molecular weight is 352 g/mol. The SMILES string of the molecule is CN(Cc1ccccc1N1CCCC1)C(=O)C1CC1c1ccc(F)cc1. The van der Waals surface area contributed by atoms with Gasteiger partial charge in [-0.2, -0.15) is 0 Å². The fourth-order valence-corrected chi connectivity index (χ4v) is 4.07. The highest BCUT2D eigenvalue weighted by Crippen LogP contribution is 2.48. The molecule has 3 nitrogen and oxygen atoms in total. The maximum Gasteiger partial charge on any atom is 0.226 e. The summed E-state index contributed by atoms with van der Waals surface area (Å²) in [6, 6.07) is 15.0. The average Bonchev–Trinajstić information content (AvgIpc) is 3.26. The van der Waals surface area contributed by atoms with E-state index in [4.69, 9.17) is 0 Å². The summed E-state index contributed by atoms with van der Waals surface area (Å²) in [5.74, 6) is 0.229. The molecule has 4 heteroatoms. The third kappa shape index (κ3) is 3.46. The molecule has 0 spiro atoms. The van der Waals surface area contributed by atoms with Gasteiger partial charge >= 0.3 is 0 Å². The first-order valence-electron chi connectivity index (χ1n) is 9.47. The van der Waals surface area contributed by atoms with Crippen LogP contribution in [0, 0.1) is 11.7 Å². The van der Waals surface area contributed by atoms with E-state index >= 15 is 0 Å². The maximum absolute atomic E-state index is 13.1. The molecule has 1 aliphatic carbocycles. The standard InChI is InChI=1S/C22H25FN2O/c1-24(15-17-6-2-3-7-21(17)25-12-4-5-13-25)22(26)20-14-19(20)16-8-10-18(23)11-9-16/h2-3,6-11,19-20H,4-5,12-15H2,1H3. The molecule has 2 aromatic rings. The third-order valence-electron chi connectivity index (χ3n) is 5.63. The Kier molecular flexibility index (Phi) is 4.66. The van der Waals surface area contributed by atoms with Crippen LogP contribution in [0.1, 0.15) is 36.3 Å². The summed E-state index contributed by atoms with van der Waals surface area (Å²) in [4.78, 5) is 17.1. The van der Waals surface area contributed by atoms with Crippen molar-refractivity contribution in [1.29, 1.82) is 0 Å². The largest absolute Gasteiger partial charge is 0.371 e. The first-order chi connectivity index (χ1) is 12.6. The molecule has 0 aromatic heterocycles. The van der Waals surface area contributed by atoms with Crippen LogP contribution in [0.3, 0.4) is 0 Å². The number of anilines is 1. The molecule has 1 heterocycles. The van der Waals surface area contributed by atoms with Crippen LogP contribution in [0.4, 0.5) is 10.1 Å². The van der Waals surface area contributed by atoms with Crippen LogP contribution in [-0.4, -0.2) is 30.9 Å². The number of amides is 1. The van der Waals surface area contributed by atoms with Gasteiger partial charge < -0.3 is 9.80 Å². The normalized spacial score (nSPS) is 21.7. The highest BCUT2D eigenvalue weighted by atomic mass is 19.1. The lowest BCUT2D eigenvalue weighted by atomic mass is 10.1. The molecule has 4 rings (SSSR count). The molecular formula is C22H25FN2O. The Morgan fingerprint density at radius 3 is 2.54 bits per heavy atom. The highest BCUT2D eigenvalue weighted by Gasteiger charge is 2.45. The minimum absolute atomic E-state index is 0.0319. The summed E-state index contributed by atoms with van der Waals surface area (Å²) >= 11 is 0. The Morgan fingerprint density at radius 1 is 1.12 bits per heavy atom. The molecule has 0 radical (unpaired) electrons. The van der Waals surface area contributed by atoms with Gasteiger partial charge in [-0.05, 0) is 54.5 Å². The monoisotopic (exact) mass is 352 g/mol. The van der Waals surface area contributed by atoms with Crippen LogP contribution in [0.15, 0.2) is 48.5 Å². The number of carbonyl (C=O) groups is 1. The van der Waals surface area contributed by atoms with Crippen molar-refractivity contribution in [3.05, 3.63) is 65.5 Å². The number of hydrogen-bond acceptors (Lipinski definition) is 2. The van der Waals surface area contributed by atoms with Crippen molar-refractivity contribution in [1.82, 2.24) is 4.90 Å². The van der Waals surface area contributed by atoms with Gasteiger partial charge in [0.1, 0.15) is 5.82 Å². The molecule has 2 unspecified atom stereocenters.